The second-order valence-electron chi connectivity index (χ2n) is 3.32. The average molecular weight is 264 g/mol. The van der Waals surface area contributed by atoms with Crippen molar-refractivity contribution in [3.05, 3.63) is 52.4 Å². The standard InChI is InChI=1S/C11H10BrN3/c1-8-6-10(2-3-11(8)12)15-5-4-9(13)7-14-15/h2-7,14H,1H3. The van der Waals surface area contributed by atoms with Gasteiger partial charge in [0.15, 0.2) is 0 Å². The van der Waals surface area contributed by atoms with Crippen LogP contribution in [0.4, 0.5) is 5.69 Å². The highest BCUT2D eigenvalue weighted by Gasteiger charge is 2.06. The normalized spacial score (nSPS) is 14.8. The van der Waals surface area contributed by atoms with Crippen molar-refractivity contribution in [1.29, 1.82) is 0 Å². The number of rotatable bonds is 1. The smallest absolute Gasteiger partial charge is 0.105 e. The molecular weight excluding hydrogens is 254 g/mol. The predicted molar refractivity (Wildman–Crippen MR) is 63.9 cm³/mol. The first kappa shape index (κ1) is 10.1. The molecule has 76 valence electrons. The SMILES string of the molecule is Cc1cc(N2C=CC([N])=CN2)ccc1Br. The van der Waals surface area contributed by atoms with Gasteiger partial charge in [0.1, 0.15) is 5.70 Å². The van der Waals surface area contributed by atoms with Gasteiger partial charge in [-0.2, -0.15) is 0 Å². The number of allylic oxidation sites excluding steroid dienone is 1. The summed E-state index contributed by atoms with van der Waals surface area (Å²) in [4.78, 5) is 0. The molecule has 0 aromatic heterocycles. The molecule has 0 unspecified atom stereocenters. The maximum Gasteiger partial charge on any atom is 0.105 e. The quantitative estimate of drug-likeness (QED) is 0.846. The van der Waals surface area contributed by atoms with Gasteiger partial charge in [-0.15, -0.1) is 5.73 Å². The molecule has 2 rings (SSSR count). The largest absolute Gasteiger partial charge is 0.299 e. The van der Waals surface area contributed by atoms with E-state index in [-0.39, 0.29) is 5.70 Å². The molecule has 0 fully saturated rings. The summed E-state index contributed by atoms with van der Waals surface area (Å²) in [5.74, 6) is 0. The lowest BCUT2D eigenvalue weighted by molar-refractivity contribution is 0.851. The third-order valence-corrected chi connectivity index (χ3v) is 3.06. The van der Waals surface area contributed by atoms with E-state index >= 15 is 0 Å². The molecule has 0 bridgehead atoms. The van der Waals surface area contributed by atoms with Crippen LogP contribution in [0, 0.1) is 6.92 Å². The van der Waals surface area contributed by atoms with Gasteiger partial charge in [-0.1, -0.05) is 15.9 Å². The summed E-state index contributed by atoms with van der Waals surface area (Å²) in [6.07, 6.45) is 4.95. The van der Waals surface area contributed by atoms with Crippen LogP contribution >= 0.6 is 15.9 Å². The Kier molecular flexibility index (Phi) is 2.68. The van der Waals surface area contributed by atoms with Crippen molar-refractivity contribution in [1.82, 2.24) is 11.2 Å². The van der Waals surface area contributed by atoms with Gasteiger partial charge in [-0.05, 0) is 36.8 Å². The Bertz CT molecular complexity index is 437. The van der Waals surface area contributed by atoms with Crippen molar-refractivity contribution in [3.63, 3.8) is 0 Å². The molecule has 1 N–H and O–H groups in total. The number of hydrogen-bond donors (Lipinski definition) is 1. The number of halogens is 1. The molecule has 0 saturated heterocycles. The number of nitrogens with zero attached hydrogens (tertiary/aromatic N) is 2. The van der Waals surface area contributed by atoms with Crippen LogP contribution in [-0.2, 0) is 0 Å². The molecule has 0 aliphatic carbocycles. The van der Waals surface area contributed by atoms with Crippen LogP contribution in [0.25, 0.3) is 0 Å². The predicted octanol–water partition coefficient (Wildman–Crippen LogP) is 2.51. The van der Waals surface area contributed by atoms with Crippen molar-refractivity contribution >= 4 is 21.6 Å². The molecule has 4 heteroatoms. The third kappa shape index (κ3) is 2.15. The molecule has 15 heavy (non-hydrogen) atoms. The number of hydrazine groups is 1. The van der Waals surface area contributed by atoms with E-state index in [1.807, 2.05) is 24.1 Å². The van der Waals surface area contributed by atoms with Crippen LogP contribution in [0.3, 0.4) is 0 Å². The number of nitrogens with one attached hydrogen (secondary N) is 1. The van der Waals surface area contributed by atoms with Gasteiger partial charge in [0, 0.05) is 16.9 Å². The van der Waals surface area contributed by atoms with Crippen LogP contribution in [-0.4, -0.2) is 0 Å². The van der Waals surface area contributed by atoms with Crippen molar-refractivity contribution in [3.8, 4) is 0 Å². The molecule has 1 aromatic rings. The van der Waals surface area contributed by atoms with E-state index in [2.05, 4.69) is 27.4 Å². The fourth-order valence-corrected chi connectivity index (χ4v) is 1.56. The lowest BCUT2D eigenvalue weighted by atomic mass is 10.2. The summed E-state index contributed by atoms with van der Waals surface area (Å²) in [5, 5.41) is 1.83. The zero-order valence-electron chi connectivity index (χ0n) is 8.24. The molecular formula is C11H10BrN3. The third-order valence-electron chi connectivity index (χ3n) is 2.17. The van der Waals surface area contributed by atoms with E-state index in [1.54, 1.807) is 12.3 Å². The van der Waals surface area contributed by atoms with E-state index < -0.39 is 0 Å². The zero-order valence-corrected chi connectivity index (χ0v) is 9.82. The van der Waals surface area contributed by atoms with Gasteiger partial charge < -0.3 is 0 Å². The molecule has 1 heterocycles. The molecule has 2 radical (unpaired) electrons. The molecule has 1 aliphatic heterocycles. The molecule has 0 amide bonds. The van der Waals surface area contributed by atoms with Crippen molar-refractivity contribution in [2.75, 3.05) is 5.01 Å². The Hall–Kier alpha value is -1.42. The summed E-state index contributed by atoms with van der Waals surface area (Å²) in [7, 11) is 0. The Balaban J connectivity index is 2.25. The fraction of sp³-hybridized carbons (Fsp3) is 0.0909. The Morgan fingerprint density at radius 3 is 2.80 bits per heavy atom. The number of anilines is 1. The number of aryl methyl sites for hydroxylation is 1. The molecule has 0 saturated carbocycles. The number of hydrogen-bond acceptors (Lipinski definition) is 2. The minimum Gasteiger partial charge on any atom is -0.299 e. The first-order chi connectivity index (χ1) is 7.16. The molecule has 3 nitrogen and oxygen atoms in total. The maximum absolute atomic E-state index is 9.15. The van der Waals surface area contributed by atoms with Crippen LogP contribution < -0.4 is 16.2 Å². The van der Waals surface area contributed by atoms with E-state index in [9.17, 15) is 0 Å². The fourth-order valence-electron chi connectivity index (χ4n) is 1.32. The van der Waals surface area contributed by atoms with Gasteiger partial charge in [0.05, 0.1) is 5.69 Å². The van der Waals surface area contributed by atoms with Gasteiger partial charge in [0.2, 0.25) is 0 Å². The molecule has 0 spiro atoms. The van der Waals surface area contributed by atoms with E-state index in [0.29, 0.717) is 0 Å². The second-order valence-corrected chi connectivity index (χ2v) is 4.17. The topological polar surface area (TPSA) is 37.6 Å². The molecule has 1 aliphatic rings. The highest BCUT2D eigenvalue weighted by Crippen LogP contribution is 2.23. The summed E-state index contributed by atoms with van der Waals surface area (Å²) in [5.41, 5.74) is 14.5. The van der Waals surface area contributed by atoms with Crippen LogP contribution in [0.2, 0.25) is 0 Å². The second kappa shape index (κ2) is 3.98. The van der Waals surface area contributed by atoms with Gasteiger partial charge in [-0.25, -0.2) is 0 Å². The Labute approximate surface area is 97.4 Å². The van der Waals surface area contributed by atoms with Crippen molar-refractivity contribution < 1.29 is 0 Å². The minimum absolute atomic E-state index is 0.222. The number of benzene rings is 1. The van der Waals surface area contributed by atoms with Crippen molar-refractivity contribution in [2.45, 2.75) is 6.92 Å². The summed E-state index contributed by atoms with van der Waals surface area (Å²) >= 11 is 3.45. The first-order valence-corrected chi connectivity index (χ1v) is 5.35. The van der Waals surface area contributed by atoms with E-state index in [4.69, 9.17) is 5.73 Å². The zero-order chi connectivity index (χ0) is 10.8. The Morgan fingerprint density at radius 2 is 2.20 bits per heavy atom. The summed E-state index contributed by atoms with van der Waals surface area (Å²) < 4.78 is 1.09. The van der Waals surface area contributed by atoms with Crippen LogP contribution in [0.15, 0.2) is 46.8 Å². The molecule has 1 aromatic carbocycles. The average Bonchev–Trinajstić information content (AvgIpc) is 2.23. The highest BCUT2D eigenvalue weighted by atomic mass is 79.9. The summed E-state index contributed by atoms with van der Waals surface area (Å²) in [6.45, 7) is 2.04. The monoisotopic (exact) mass is 263 g/mol. The van der Waals surface area contributed by atoms with Crippen molar-refractivity contribution in [2.24, 2.45) is 0 Å². The highest BCUT2D eigenvalue weighted by molar-refractivity contribution is 9.10. The minimum atomic E-state index is 0.222. The Morgan fingerprint density at radius 1 is 1.40 bits per heavy atom. The van der Waals surface area contributed by atoms with E-state index in [1.165, 1.54) is 11.8 Å². The maximum atomic E-state index is 9.15. The summed E-state index contributed by atoms with van der Waals surface area (Å²) in [6, 6.07) is 6.04. The van der Waals surface area contributed by atoms with E-state index in [0.717, 1.165) is 10.2 Å². The van der Waals surface area contributed by atoms with Gasteiger partial charge >= 0.3 is 0 Å². The lowest BCUT2D eigenvalue weighted by Gasteiger charge is -2.23. The first-order valence-electron chi connectivity index (χ1n) is 4.56. The lowest BCUT2D eigenvalue weighted by Crippen LogP contribution is -2.31. The van der Waals surface area contributed by atoms with Gasteiger partial charge in [-0.3, -0.25) is 10.4 Å². The van der Waals surface area contributed by atoms with Crippen LogP contribution in [0.5, 0.6) is 0 Å². The van der Waals surface area contributed by atoms with Gasteiger partial charge in [0.25, 0.3) is 0 Å². The molecule has 0 atom stereocenters. The van der Waals surface area contributed by atoms with Crippen LogP contribution in [0.1, 0.15) is 5.56 Å².